The lowest BCUT2D eigenvalue weighted by molar-refractivity contribution is -0.133. The van der Waals surface area contributed by atoms with Gasteiger partial charge in [-0.1, -0.05) is 6.92 Å². The van der Waals surface area contributed by atoms with Gasteiger partial charge in [-0.15, -0.1) is 0 Å². The first-order valence-electron chi connectivity index (χ1n) is 8.63. The van der Waals surface area contributed by atoms with Gasteiger partial charge in [0.25, 0.3) is 0 Å². The van der Waals surface area contributed by atoms with Crippen molar-refractivity contribution in [3.8, 4) is 0 Å². The summed E-state index contributed by atoms with van der Waals surface area (Å²) >= 11 is 0. The smallest absolute Gasteiger partial charge is 0.139 e. The van der Waals surface area contributed by atoms with Crippen LogP contribution in [-0.4, -0.2) is 11.6 Å². The van der Waals surface area contributed by atoms with E-state index >= 15 is 0 Å². The third kappa shape index (κ3) is 1.76. The Morgan fingerprint density at radius 3 is 2.60 bits per heavy atom. The van der Waals surface area contributed by atoms with Crippen molar-refractivity contribution in [3.05, 3.63) is 0 Å². The molecule has 0 spiro atoms. The van der Waals surface area contributed by atoms with Gasteiger partial charge in [-0.05, 0) is 68.1 Å². The molecule has 0 N–H and O–H groups in total. The van der Waals surface area contributed by atoms with Crippen LogP contribution in [0.15, 0.2) is 0 Å². The van der Waals surface area contributed by atoms with Gasteiger partial charge >= 0.3 is 0 Å². The first-order valence-corrected chi connectivity index (χ1v) is 8.63. The second kappa shape index (κ2) is 4.42. The van der Waals surface area contributed by atoms with Crippen LogP contribution in [0.2, 0.25) is 0 Å². The van der Waals surface area contributed by atoms with Gasteiger partial charge in [0.2, 0.25) is 0 Å². The van der Waals surface area contributed by atoms with Crippen molar-refractivity contribution in [3.63, 3.8) is 0 Å². The van der Waals surface area contributed by atoms with Crippen LogP contribution >= 0.6 is 0 Å². The summed E-state index contributed by atoms with van der Waals surface area (Å²) in [7, 11) is 0. The van der Waals surface area contributed by atoms with E-state index in [0.29, 0.717) is 23.4 Å². The molecule has 2 heteroatoms. The molecule has 0 unspecified atom stereocenters. The van der Waals surface area contributed by atoms with Crippen molar-refractivity contribution in [2.75, 3.05) is 0 Å². The Bertz CT molecular complexity index is 454. The molecule has 0 aromatic rings. The number of rotatable bonds is 0. The first-order chi connectivity index (χ1) is 9.58. The SMILES string of the molecule is C[C@]12C[C@H]3CC[C@@H]4CC(=O)CC[C@H]4[C@@H]3C[C@@H]1CCC2=O. The van der Waals surface area contributed by atoms with Crippen LogP contribution in [0.5, 0.6) is 0 Å². The number of hydrogen-bond donors (Lipinski definition) is 0. The molecule has 4 aliphatic rings. The van der Waals surface area contributed by atoms with E-state index in [-0.39, 0.29) is 5.41 Å². The lowest BCUT2D eigenvalue weighted by atomic mass is 9.51. The maximum Gasteiger partial charge on any atom is 0.139 e. The highest BCUT2D eigenvalue weighted by molar-refractivity contribution is 5.87. The van der Waals surface area contributed by atoms with Gasteiger partial charge in [0.05, 0.1) is 0 Å². The molecule has 4 rings (SSSR count). The summed E-state index contributed by atoms with van der Waals surface area (Å²) in [6, 6.07) is 0. The molecule has 0 bridgehead atoms. The van der Waals surface area contributed by atoms with Gasteiger partial charge in [0.15, 0.2) is 0 Å². The Kier molecular flexibility index (Phi) is 2.88. The van der Waals surface area contributed by atoms with E-state index in [2.05, 4.69) is 6.92 Å². The molecule has 0 aromatic heterocycles. The van der Waals surface area contributed by atoms with Crippen molar-refractivity contribution < 1.29 is 9.59 Å². The molecule has 110 valence electrons. The average molecular weight is 274 g/mol. The number of carbonyl (C=O) groups excluding carboxylic acids is 2. The quantitative estimate of drug-likeness (QED) is 0.673. The monoisotopic (exact) mass is 274 g/mol. The summed E-state index contributed by atoms with van der Waals surface area (Å²) in [5.74, 6) is 4.76. The molecule has 0 saturated heterocycles. The zero-order chi connectivity index (χ0) is 13.9. The second-order valence-corrected chi connectivity index (χ2v) is 8.22. The normalized spacial score (nSPS) is 51.4. The van der Waals surface area contributed by atoms with Crippen LogP contribution in [0.4, 0.5) is 0 Å². The minimum absolute atomic E-state index is 0.0124. The van der Waals surface area contributed by atoms with Crippen molar-refractivity contribution in [2.24, 2.45) is 35.0 Å². The fourth-order valence-corrected chi connectivity index (χ4v) is 6.27. The van der Waals surface area contributed by atoms with E-state index < -0.39 is 0 Å². The van der Waals surface area contributed by atoms with Gasteiger partial charge in [0, 0.05) is 24.7 Å². The Labute approximate surface area is 121 Å². The Hall–Kier alpha value is -0.660. The number of Topliss-reactive ketones (excluding diaryl/α,β-unsaturated/α-hetero) is 2. The Balaban J connectivity index is 1.58. The number of ketones is 2. The molecule has 0 aliphatic heterocycles. The highest BCUT2D eigenvalue weighted by Gasteiger charge is 2.55. The van der Waals surface area contributed by atoms with Gasteiger partial charge in [-0.2, -0.15) is 0 Å². The number of fused-ring (bicyclic) bond motifs is 4. The van der Waals surface area contributed by atoms with E-state index in [1.807, 2.05) is 0 Å². The highest BCUT2D eigenvalue weighted by atomic mass is 16.1. The fourth-order valence-electron chi connectivity index (χ4n) is 6.27. The number of carbonyl (C=O) groups is 2. The van der Waals surface area contributed by atoms with E-state index in [0.717, 1.165) is 56.3 Å². The van der Waals surface area contributed by atoms with E-state index in [1.54, 1.807) is 0 Å². The van der Waals surface area contributed by atoms with Crippen molar-refractivity contribution >= 4 is 11.6 Å². The molecular weight excluding hydrogens is 248 g/mol. The molecule has 0 aromatic carbocycles. The van der Waals surface area contributed by atoms with Crippen LogP contribution < -0.4 is 0 Å². The molecule has 4 saturated carbocycles. The Morgan fingerprint density at radius 2 is 1.75 bits per heavy atom. The summed E-state index contributed by atoms with van der Waals surface area (Å²) < 4.78 is 0. The van der Waals surface area contributed by atoms with E-state index in [1.165, 1.54) is 19.3 Å². The van der Waals surface area contributed by atoms with Gasteiger partial charge in [-0.3, -0.25) is 9.59 Å². The average Bonchev–Trinajstić information content (AvgIpc) is 2.71. The lowest BCUT2D eigenvalue weighted by Gasteiger charge is -2.53. The van der Waals surface area contributed by atoms with Crippen LogP contribution in [-0.2, 0) is 9.59 Å². The second-order valence-electron chi connectivity index (χ2n) is 8.22. The highest BCUT2D eigenvalue weighted by Crippen LogP contribution is 2.60. The van der Waals surface area contributed by atoms with Crippen molar-refractivity contribution in [2.45, 2.75) is 64.7 Å². The minimum atomic E-state index is 0.0124. The predicted molar refractivity (Wildman–Crippen MR) is 77.1 cm³/mol. The molecule has 0 radical (unpaired) electrons. The predicted octanol–water partition coefficient (Wildman–Crippen LogP) is 3.78. The largest absolute Gasteiger partial charge is 0.300 e. The summed E-state index contributed by atoms with van der Waals surface area (Å²) in [5.41, 5.74) is 0.0124. The van der Waals surface area contributed by atoms with Gasteiger partial charge in [0.1, 0.15) is 11.6 Å². The minimum Gasteiger partial charge on any atom is -0.300 e. The fraction of sp³-hybridized carbons (Fsp3) is 0.889. The maximum atomic E-state index is 12.3. The van der Waals surface area contributed by atoms with Crippen molar-refractivity contribution in [1.82, 2.24) is 0 Å². The van der Waals surface area contributed by atoms with E-state index in [9.17, 15) is 9.59 Å². The van der Waals surface area contributed by atoms with Crippen LogP contribution in [0.25, 0.3) is 0 Å². The summed E-state index contributed by atoms with van der Waals surface area (Å²) in [5, 5.41) is 0. The molecular formula is C18H26O2. The molecule has 20 heavy (non-hydrogen) atoms. The standard InChI is InChI=1S/C18H26O2/c1-18-10-12-3-2-11-8-14(19)5-6-15(11)16(12)9-13(18)4-7-17(18)20/h11-13,15-16H,2-10H2,1H3/t11-,12-,13+,15-,16-,18+/m1/s1. The first kappa shape index (κ1) is 13.0. The number of hydrogen-bond acceptors (Lipinski definition) is 2. The summed E-state index contributed by atoms with van der Waals surface area (Å²) in [4.78, 5) is 24.0. The zero-order valence-corrected chi connectivity index (χ0v) is 12.6. The van der Waals surface area contributed by atoms with Crippen LogP contribution in [0.1, 0.15) is 64.7 Å². The lowest BCUT2D eigenvalue weighted by Crippen LogP contribution is -2.47. The molecule has 0 amide bonds. The van der Waals surface area contributed by atoms with Crippen LogP contribution in [0.3, 0.4) is 0 Å². The topological polar surface area (TPSA) is 34.1 Å². The maximum absolute atomic E-state index is 12.3. The van der Waals surface area contributed by atoms with E-state index in [4.69, 9.17) is 0 Å². The van der Waals surface area contributed by atoms with Crippen molar-refractivity contribution in [1.29, 1.82) is 0 Å². The third-order valence-corrected chi connectivity index (χ3v) is 7.42. The zero-order valence-electron chi connectivity index (χ0n) is 12.6. The molecule has 0 heterocycles. The van der Waals surface area contributed by atoms with Gasteiger partial charge < -0.3 is 0 Å². The van der Waals surface area contributed by atoms with Gasteiger partial charge in [-0.25, -0.2) is 0 Å². The third-order valence-electron chi connectivity index (χ3n) is 7.42. The summed E-state index contributed by atoms with van der Waals surface area (Å²) in [6.45, 7) is 2.25. The van der Waals surface area contributed by atoms with Crippen LogP contribution in [0, 0.1) is 35.0 Å². The molecule has 6 atom stereocenters. The Morgan fingerprint density at radius 1 is 0.950 bits per heavy atom. The summed E-state index contributed by atoms with van der Waals surface area (Å²) in [6.07, 6.45) is 9.73. The molecule has 4 fully saturated rings. The molecule has 2 nitrogen and oxygen atoms in total. The molecule has 4 aliphatic carbocycles.